The van der Waals surface area contributed by atoms with Crippen LogP contribution in [0.3, 0.4) is 0 Å². The van der Waals surface area contributed by atoms with E-state index in [1.54, 1.807) is 14.0 Å². The number of pyridine rings is 1. The van der Waals surface area contributed by atoms with Crippen LogP contribution in [0.15, 0.2) is 6.07 Å². The van der Waals surface area contributed by atoms with Gasteiger partial charge in [-0.2, -0.15) is 0 Å². The number of nitrogens with two attached hydrogens (primary N) is 1. The summed E-state index contributed by atoms with van der Waals surface area (Å²) in [6, 6.07) is 1.88. The molecule has 19 heavy (non-hydrogen) atoms. The minimum Gasteiger partial charge on any atom is -0.394 e. The molecule has 106 valence electrons. The topological polar surface area (TPSA) is 98.3 Å². The Morgan fingerprint density at radius 2 is 2.21 bits per heavy atom. The van der Waals surface area contributed by atoms with Crippen molar-refractivity contribution in [1.82, 2.24) is 4.98 Å². The highest BCUT2D eigenvalue weighted by Gasteiger charge is 2.17. The molecule has 0 fully saturated rings. The van der Waals surface area contributed by atoms with Gasteiger partial charge in [0.2, 0.25) is 0 Å². The number of aliphatic hydroxyl groups excluding tert-OH is 1. The van der Waals surface area contributed by atoms with Crippen molar-refractivity contribution >= 4 is 17.3 Å². The van der Waals surface area contributed by atoms with Crippen LogP contribution in [0, 0.1) is 5.41 Å². The number of hydrogen-bond acceptors (Lipinski definition) is 6. The van der Waals surface area contributed by atoms with E-state index in [2.05, 4.69) is 24.1 Å². The van der Waals surface area contributed by atoms with Gasteiger partial charge < -0.3 is 15.8 Å². The Bertz CT molecular complexity index is 459. The maximum atomic E-state index is 8.95. The average molecular weight is 265 g/mol. The van der Waals surface area contributed by atoms with E-state index in [9.17, 15) is 0 Å². The first kappa shape index (κ1) is 15.4. The molecule has 0 unspecified atom stereocenters. The summed E-state index contributed by atoms with van der Waals surface area (Å²) in [5.41, 5.74) is 2.31. The van der Waals surface area contributed by atoms with Crippen LogP contribution < -0.4 is 16.2 Å². The Labute approximate surface area is 114 Å². The second-order valence-electron chi connectivity index (χ2n) is 4.74. The van der Waals surface area contributed by atoms with E-state index in [0.29, 0.717) is 23.9 Å². The molecule has 0 aromatic carbocycles. The lowest BCUT2D eigenvalue weighted by molar-refractivity contribution is 0.302. The second-order valence-corrected chi connectivity index (χ2v) is 4.74. The zero-order valence-electron chi connectivity index (χ0n) is 12.0. The quantitative estimate of drug-likeness (QED) is 0.353. The van der Waals surface area contributed by atoms with Gasteiger partial charge in [0.15, 0.2) is 0 Å². The number of hydrogen-bond donors (Lipinski definition) is 4. The Morgan fingerprint density at radius 1 is 1.58 bits per heavy atom. The Kier molecular flexibility index (Phi) is 5.26. The standard InChI is InChI=1S/C13H23N5O/c1-8(2)10-7-11(18(15)5-6-19)17-13(16-4)12(10)9(3)14/h7-8,14,19H,5-6,15H2,1-4H3,(H,16,17). The number of aliphatic hydroxyl groups is 1. The van der Waals surface area contributed by atoms with Crippen LogP contribution in [0.1, 0.15) is 37.8 Å². The molecule has 6 nitrogen and oxygen atoms in total. The van der Waals surface area contributed by atoms with Crippen molar-refractivity contribution in [3.63, 3.8) is 0 Å². The molecule has 0 radical (unpaired) electrons. The number of anilines is 2. The first-order valence-corrected chi connectivity index (χ1v) is 6.33. The third kappa shape index (κ3) is 3.42. The zero-order valence-corrected chi connectivity index (χ0v) is 12.0. The SMILES string of the molecule is CNc1nc(N(N)CCO)cc(C(C)C)c1C(C)=N. The maximum absolute atomic E-state index is 8.95. The van der Waals surface area contributed by atoms with Crippen LogP contribution >= 0.6 is 0 Å². The molecular weight excluding hydrogens is 242 g/mol. The average Bonchev–Trinajstić information content (AvgIpc) is 2.36. The molecule has 0 saturated carbocycles. The van der Waals surface area contributed by atoms with Crippen molar-refractivity contribution in [2.75, 3.05) is 30.5 Å². The maximum Gasteiger partial charge on any atom is 0.145 e. The van der Waals surface area contributed by atoms with E-state index < -0.39 is 0 Å². The van der Waals surface area contributed by atoms with Crippen LogP contribution in [0.25, 0.3) is 0 Å². The third-order valence-corrected chi connectivity index (χ3v) is 2.91. The lowest BCUT2D eigenvalue weighted by Gasteiger charge is -2.22. The summed E-state index contributed by atoms with van der Waals surface area (Å²) < 4.78 is 0. The molecule has 1 heterocycles. The van der Waals surface area contributed by atoms with Crippen molar-refractivity contribution in [2.45, 2.75) is 26.7 Å². The molecule has 1 aromatic rings. The summed E-state index contributed by atoms with van der Waals surface area (Å²) in [6.45, 7) is 6.17. The summed E-state index contributed by atoms with van der Waals surface area (Å²) in [4.78, 5) is 4.41. The zero-order chi connectivity index (χ0) is 14.6. The predicted molar refractivity (Wildman–Crippen MR) is 79.0 cm³/mol. The van der Waals surface area contributed by atoms with Gasteiger partial charge in [-0.15, -0.1) is 0 Å². The van der Waals surface area contributed by atoms with Crippen LogP contribution in [-0.2, 0) is 0 Å². The van der Waals surface area contributed by atoms with Crippen LogP contribution in [0.2, 0.25) is 0 Å². The number of nitrogens with zero attached hydrogens (tertiary/aromatic N) is 2. The van der Waals surface area contributed by atoms with E-state index in [1.807, 2.05) is 6.07 Å². The van der Waals surface area contributed by atoms with E-state index in [4.69, 9.17) is 16.4 Å². The molecule has 0 atom stereocenters. The molecule has 0 saturated heterocycles. The van der Waals surface area contributed by atoms with Gasteiger partial charge >= 0.3 is 0 Å². The van der Waals surface area contributed by atoms with Gasteiger partial charge in [0.1, 0.15) is 11.6 Å². The van der Waals surface area contributed by atoms with Gasteiger partial charge in [-0.1, -0.05) is 13.8 Å². The van der Waals surface area contributed by atoms with Crippen molar-refractivity contribution in [2.24, 2.45) is 5.84 Å². The minimum atomic E-state index is -0.0323. The highest BCUT2D eigenvalue weighted by atomic mass is 16.3. The molecule has 0 aliphatic rings. The van der Waals surface area contributed by atoms with Gasteiger partial charge in [-0.3, -0.25) is 5.01 Å². The molecule has 0 amide bonds. The van der Waals surface area contributed by atoms with E-state index in [-0.39, 0.29) is 12.5 Å². The van der Waals surface area contributed by atoms with Crippen molar-refractivity contribution in [3.8, 4) is 0 Å². The third-order valence-electron chi connectivity index (χ3n) is 2.91. The summed E-state index contributed by atoms with van der Waals surface area (Å²) in [7, 11) is 1.77. The largest absolute Gasteiger partial charge is 0.394 e. The predicted octanol–water partition coefficient (Wildman–Crippen LogP) is 1.31. The molecule has 6 heteroatoms. The van der Waals surface area contributed by atoms with Gasteiger partial charge in [0, 0.05) is 18.3 Å². The fraction of sp³-hybridized carbons (Fsp3) is 0.538. The molecular formula is C13H23N5O. The Hall–Kier alpha value is -1.66. The monoisotopic (exact) mass is 265 g/mol. The first-order chi connectivity index (χ1) is 8.92. The second kappa shape index (κ2) is 6.49. The summed E-state index contributed by atoms with van der Waals surface area (Å²) in [5.74, 6) is 7.34. The van der Waals surface area contributed by atoms with Gasteiger partial charge in [-0.25, -0.2) is 10.8 Å². The molecule has 0 aliphatic heterocycles. The number of rotatable bonds is 6. The molecule has 1 aromatic heterocycles. The molecule has 1 rings (SSSR count). The Balaban J connectivity index is 3.40. The fourth-order valence-corrected chi connectivity index (χ4v) is 1.95. The number of nitrogens with one attached hydrogen (secondary N) is 2. The Morgan fingerprint density at radius 3 is 2.63 bits per heavy atom. The normalized spacial score (nSPS) is 10.7. The van der Waals surface area contributed by atoms with Crippen LogP contribution in [-0.4, -0.2) is 36.0 Å². The molecule has 0 spiro atoms. The summed E-state index contributed by atoms with van der Waals surface area (Å²) >= 11 is 0. The van der Waals surface area contributed by atoms with E-state index in [0.717, 1.165) is 11.1 Å². The molecule has 5 N–H and O–H groups in total. The highest BCUT2D eigenvalue weighted by Crippen LogP contribution is 2.28. The molecule has 0 bridgehead atoms. The summed E-state index contributed by atoms with van der Waals surface area (Å²) in [5, 5.41) is 21.3. The van der Waals surface area contributed by atoms with E-state index in [1.165, 1.54) is 5.01 Å². The van der Waals surface area contributed by atoms with Gasteiger partial charge in [0.05, 0.1) is 13.2 Å². The summed E-state index contributed by atoms with van der Waals surface area (Å²) in [6.07, 6.45) is 0. The number of aromatic nitrogens is 1. The smallest absolute Gasteiger partial charge is 0.145 e. The van der Waals surface area contributed by atoms with Gasteiger partial charge in [-0.05, 0) is 24.5 Å². The number of hydrazine groups is 1. The lowest BCUT2D eigenvalue weighted by atomic mass is 9.95. The van der Waals surface area contributed by atoms with Crippen LogP contribution in [0.4, 0.5) is 11.6 Å². The minimum absolute atomic E-state index is 0.0323. The van der Waals surface area contributed by atoms with Crippen molar-refractivity contribution in [1.29, 1.82) is 5.41 Å². The first-order valence-electron chi connectivity index (χ1n) is 6.33. The highest BCUT2D eigenvalue weighted by molar-refractivity contribution is 6.02. The van der Waals surface area contributed by atoms with Crippen molar-refractivity contribution in [3.05, 3.63) is 17.2 Å². The fourth-order valence-electron chi connectivity index (χ4n) is 1.95. The van der Waals surface area contributed by atoms with Crippen molar-refractivity contribution < 1.29 is 5.11 Å². The lowest BCUT2D eigenvalue weighted by Crippen LogP contribution is -2.34. The molecule has 0 aliphatic carbocycles. The van der Waals surface area contributed by atoms with Crippen LogP contribution in [0.5, 0.6) is 0 Å². The van der Waals surface area contributed by atoms with Gasteiger partial charge in [0.25, 0.3) is 0 Å². The van der Waals surface area contributed by atoms with E-state index >= 15 is 0 Å².